The average molecular weight is 336 g/mol. The van der Waals surface area contributed by atoms with Crippen LogP contribution in [-0.4, -0.2) is 22.8 Å². The fourth-order valence-electron chi connectivity index (χ4n) is 3.28. The molecule has 2 aromatic carbocycles. The number of fused-ring (bicyclic) bond motifs is 1. The van der Waals surface area contributed by atoms with Gasteiger partial charge in [-0.3, -0.25) is 0 Å². The van der Waals surface area contributed by atoms with Gasteiger partial charge in [-0.2, -0.15) is 0 Å². The van der Waals surface area contributed by atoms with E-state index in [0.717, 1.165) is 18.5 Å². The molecule has 0 atom stereocenters. The predicted molar refractivity (Wildman–Crippen MR) is 98.2 cm³/mol. The summed E-state index contributed by atoms with van der Waals surface area (Å²) in [6.45, 7) is 6.52. The lowest BCUT2D eigenvalue weighted by Gasteiger charge is -2.44. The van der Waals surface area contributed by atoms with Crippen LogP contribution in [0, 0.1) is 5.41 Å². The zero-order valence-corrected chi connectivity index (χ0v) is 14.8. The van der Waals surface area contributed by atoms with E-state index in [0.29, 0.717) is 13.2 Å². The van der Waals surface area contributed by atoms with Crippen LogP contribution < -0.4 is 0 Å². The quantitative estimate of drug-likeness (QED) is 0.710. The number of imidazole rings is 1. The van der Waals surface area contributed by atoms with E-state index >= 15 is 0 Å². The molecule has 1 aliphatic heterocycles. The molecule has 1 aliphatic rings. The summed E-state index contributed by atoms with van der Waals surface area (Å²) >= 11 is 0. The van der Waals surface area contributed by atoms with Gasteiger partial charge in [0.15, 0.2) is 5.79 Å². The Labute approximate surface area is 148 Å². The van der Waals surface area contributed by atoms with E-state index < -0.39 is 5.79 Å². The van der Waals surface area contributed by atoms with Crippen molar-refractivity contribution in [2.75, 3.05) is 13.2 Å². The van der Waals surface area contributed by atoms with Crippen LogP contribution >= 0.6 is 0 Å². The fourth-order valence-corrected chi connectivity index (χ4v) is 3.28. The minimum absolute atomic E-state index is 0.0371. The summed E-state index contributed by atoms with van der Waals surface area (Å²) in [5.74, 6) is -0.705. The van der Waals surface area contributed by atoms with Crippen molar-refractivity contribution in [2.24, 2.45) is 5.41 Å². The van der Waals surface area contributed by atoms with Crippen molar-refractivity contribution >= 4 is 10.8 Å². The summed E-state index contributed by atoms with van der Waals surface area (Å²) in [5, 5.41) is 2.44. The second-order valence-corrected chi connectivity index (χ2v) is 7.61. The van der Waals surface area contributed by atoms with Crippen molar-refractivity contribution in [3.8, 4) is 0 Å². The first-order valence-electron chi connectivity index (χ1n) is 8.79. The van der Waals surface area contributed by atoms with E-state index in [9.17, 15) is 0 Å². The first-order valence-corrected chi connectivity index (χ1v) is 8.79. The van der Waals surface area contributed by atoms with Crippen molar-refractivity contribution in [1.82, 2.24) is 9.55 Å². The van der Waals surface area contributed by atoms with Crippen molar-refractivity contribution in [1.29, 1.82) is 0 Å². The molecule has 1 saturated heterocycles. The zero-order chi connectivity index (χ0) is 17.3. The van der Waals surface area contributed by atoms with Gasteiger partial charge in [-0.1, -0.05) is 50.2 Å². The molecule has 0 N–H and O–H groups in total. The molecule has 4 heteroatoms. The average Bonchev–Trinajstić information content (AvgIpc) is 3.14. The highest BCUT2D eigenvalue weighted by Gasteiger charge is 2.42. The Balaban J connectivity index is 1.68. The molecule has 4 rings (SSSR count). The number of aromatic nitrogens is 2. The van der Waals surface area contributed by atoms with E-state index in [4.69, 9.17) is 9.47 Å². The van der Waals surface area contributed by atoms with Gasteiger partial charge in [-0.05, 0) is 16.8 Å². The SMILES string of the molecule is CC1(C)COC(CCn2ccnc2)(c2ccc3ccccc3c2)OC1. The molecule has 0 saturated carbocycles. The minimum Gasteiger partial charge on any atom is -0.345 e. The number of hydrogen-bond donors (Lipinski definition) is 0. The second-order valence-electron chi connectivity index (χ2n) is 7.61. The highest BCUT2D eigenvalue weighted by atomic mass is 16.7. The Kier molecular flexibility index (Phi) is 4.10. The molecule has 0 aliphatic carbocycles. The van der Waals surface area contributed by atoms with Gasteiger partial charge in [-0.15, -0.1) is 0 Å². The van der Waals surface area contributed by atoms with E-state index in [1.807, 2.05) is 12.5 Å². The molecule has 25 heavy (non-hydrogen) atoms. The Morgan fingerprint density at radius 1 is 1.04 bits per heavy atom. The van der Waals surface area contributed by atoms with Crippen LogP contribution in [0.5, 0.6) is 0 Å². The Morgan fingerprint density at radius 2 is 1.80 bits per heavy atom. The van der Waals surface area contributed by atoms with Crippen molar-refractivity contribution in [2.45, 2.75) is 32.6 Å². The van der Waals surface area contributed by atoms with Crippen LogP contribution in [0.4, 0.5) is 0 Å². The number of aryl methyl sites for hydroxylation is 1. The van der Waals surface area contributed by atoms with Gasteiger partial charge in [0.1, 0.15) is 0 Å². The largest absolute Gasteiger partial charge is 0.345 e. The van der Waals surface area contributed by atoms with Gasteiger partial charge in [0.25, 0.3) is 0 Å². The maximum atomic E-state index is 6.36. The van der Waals surface area contributed by atoms with E-state index in [1.54, 1.807) is 6.20 Å². The third-order valence-electron chi connectivity index (χ3n) is 4.84. The second kappa shape index (κ2) is 6.28. The van der Waals surface area contributed by atoms with Gasteiger partial charge in [-0.25, -0.2) is 4.98 Å². The zero-order valence-electron chi connectivity index (χ0n) is 14.8. The predicted octanol–water partition coefficient (Wildman–Crippen LogP) is 4.35. The molecule has 0 spiro atoms. The van der Waals surface area contributed by atoms with Gasteiger partial charge < -0.3 is 14.0 Å². The highest BCUT2D eigenvalue weighted by Crippen LogP contribution is 2.40. The molecule has 1 fully saturated rings. The monoisotopic (exact) mass is 336 g/mol. The summed E-state index contributed by atoms with van der Waals surface area (Å²) < 4.78 is 14.8. The van der Waals surface area contributed by atoms with Gasteiger partial charge in [0.05, 0.1) is 19.5 Å². The molecule has 4 nitrogen and oxygen atoms in total. The third-order valence-corrected chi connectivity index (χ3v) is 4.84. The van der Waals surface area contributed by atoms with Crippen LogP contribution in [0.3, 0.4) is 0 Å². The minimum atomic E-state index is -0.705. The van der Waals surface area contributed by atoms with Gasteiger partial charge in [0.2, 0.25) is 0 Å². The van der Waals surface area contributed by atoms with E-state index in [-0.39, 0.29) is 5.41 Å². The van der Waals surface area contributed by atoms with E-state index in [1.165, 1.54) is 10.8 Å². The van der Waals surface area contributed by atoms with Crippen LogP contribution in [0.25, 0.3) is 10.8 Å². The van der Waals surface area contributed by atoms with Gasteiger partial charge >= 0.3 is 0 Å². The lowest BCUT2D eigenvalue weighted by atomic mass is 9.91. The number of ether oxygens (including phenoxy) is 2. The molecule has 0 radical (unpaired) electrons. The van der Waals surface area contributed by atoms with Crippen molar-refractivity contribution in [3.05, 3.63) is 66.7 Å². The molecule has 0 bridgehead atoms. The first-order chi connectivity index (χ1) is 12.1. The summed E-state index contributed by atoms with van der Waals surface area (Å²) in [4.78, 5) is 4.13. The molecule has 0 amide bonds. The number of benzene rings is 2. The Hall–Kier alpha value is -2.17. The maximum Gasteiger partial charge on any atom is 0.196 e. The Morgan fingerprint density at radius 3 is 2.52 bits per heavy atom. The standard InChI is InChI=1S/C21H24N2O2/c1-20(2)14-24-21(25-15-20,9-11-23-12-10-22-16-23)19-8-7-17-5-3-4-6-18(17)13-19/h3-8,10,12-13,16H,9,11,14-15H2,1-2H3. The van der Waals surface area contributed by atoms with Crippen LogP contribution in [0.1, 0.15) is 25.8 Å². The van der Waals surface area contributed by atoms with Crippen molar-refractivity contribution in [3.63, 3.8) is 0 Å². The maximum absolute atomic E-state index is 6.36. The van der Waals surface area contributed by atoms with E-state index in [2.05, 4.69) is 65.9 Å². The third kappa shape index (κ3) is 3.32. The fraction of sp³-hybridized carbons (Fsp3) is 0.381. The Bertz CT molecular complexity index is 845. The van der Waals surface area contributed by atoms with Crippen molar-refractivity contribution < 1.29 is 9.47 Å². The van der Waals surface area contributed by atoms with Crippen LogP contribution in [0.2, 0.25) is 0 Å². The molecular weight excluding hydrogens is 312 g/mol. The molecule has 3 aromatic rings. The highest BCUT2D eigenvalue weighted by molar-refractivity contribution is 5.83. The summed E-state index contributed by atoms with van der Waals surface area (Å²) in [6, 6.07) is 14.9. The molecular formula is C21H24N2O2. The topological polar surface area (TPSA) is 36.3 Å². The molecule has 130 valence electrons. The number of hydrogen-bond acceptors (Lipinski definition) is 3. The molecule has 1 aromatic heterocycles. The lowest BCUT2D eigenvalue weighted by Crippen LogP contribution is -2.46. The van der Waals surface area contributed by atoms with Gasteiger partial charge in [0, 0.05) is 36.3 Å². The normalized spacial score (nSPS) is 19.1. The lowest BCUT2D eigenvalue weighted by molar-refractivity contribution is -0.312. The summed E-state index contributed by atoms with van der Waals surface area (Å²) in [5.41, 5.74) is 1.12. The van der Waals surface area contributed by atoms with Crippen LogP contribution in [-0.2, 0) is 21.8 Å². The smallest absolute Gasteiger partial charge is 0.196 e. The number of rotatable bonds is 4. The summed E-state index contributed by atoms with van der Waals surface area (Å²) in [7, 11) is 0. The summed E-state index contributed by atoms with van der Waals surface area (Å²) in [6.07, 6.45) is 6.36. The molecule has 2 heterocycles. The first kappa shape index (κ1) is 16.3. The molecule has 0 unspecified atom stereocenters. The van der Waals surface area contributed by atoms with Crippen LogP contribution in [0.15, 0.2) is 61.2 Å². The number of nitrogens with zero attached hydrogens (tertiary/aromatic N) is 2.